The lowest BCUT2D eigenvalue weighted by molar-refractivity contribution is -0.132. The second-order valence-electron chi connectivity index (χ2n) is 5.78. The van der Waals surface area contributed by atoms with Gasteiger partial charge in [0.15, 0.2) is 0 Å². The maximum atomic E-state index is 12.5. The average Bonchev–Trinajstić information content (AvgIpc) is 3.08. The zero-order chi connectivity index (χ0) is 15.7. The molecule has 1 aromatic heterocycles. The Bertz CT molecular complexity index is 676. The zero-order valence-corrected chi connectivity index (χ0v) is 13.6. The summed E-state index contributed by atoms with van der Waals surface area (Å²) < 4.78 is 4.92. The molecule has 0 aliphatic heterocycles. The minimum Gasteiger partial charge on any atom is -0.344 e. The first kappa shape index (κ1) is 15.1. The highest BCUT2D eigenvalue weighted by molar-refractivity contribution is 6.29. The van der Waals surface area contributed by atoms with Gasteiger partial charge in [0.2, 0.25) is 11.1 Å². The normalized spacial score (nSPS) is 16.6. The fraction of sp³-hybridized carbons (Fsp3) is 0.412. The minimum atomic E-state index is 0.123. The molecule has 0 unspecified atom stereocenters. The number of hydrogen-bond acceptors (Lipinski definition) is 3. The third-order valence-electron chi connectivity index (χ3n) is 4.49. The first-order chi connectivity index (χ1) is 10.6. The summed E-state index contributed by atoms with van der Waals surface area (Å²) in [5, 5.41) is 4.11. The third kappa shape index (κ3) is 2.75. The summed E-state index contributed by atoms with van der Waals surface area (Å²) in [6.45, 7) is 1.84. The van der Waals surface area contributed by atoms with Crippen molar-refractivity contribution in [2.24, 2.45) is 0 Å². The van der Waals surface area contributed by atoms with E-state index < -0.39 is 0 Å². The van der Waals surface area contributed by atoms with Gasteiger partial charge < -0.3 is 9.42 Å². The lowest BCUT2D eigenvalue weighted by atomic mass is 10.1. The highest BCUT2D eigenvalue weighted by Crippen LogP contribution is 2.35. The molecule has 0 saturated carbocycles. The van der Waals surface area contributed by atoms with Crippen LogP contribution in [0.25, 0.3) is 0 Å². The number of halogens is 1. The Morgan fingerprint density at radius 3 is 2.95 bits per heavy atom. The summed E-state index contributed by atoms with van der Waals surface area (Å²) in [4.78, 5) is 14.4. The van der Waals surface area contributed by atoms with E-state index in [4.69, 9.17) is 16.1 Å². The van der Waals surface area contributed by atoms with Crippen molar-refractivity contribution in [1.29, 1.82) is 0 Å². The van der Waals surface area contributed by atoms with Crippen molar-refractivity contribution in [3.63, 3.8) is 0 Å². The molecule has 0 spiro atoms. The van der Waals surface area contributed by atoms with Crippen molar-refractivity contribution in [3.05, 3.63) is 51.9 Å². The first-order valence-corrected chi connectivity index (χ1v) is 7.90. The SMILES string of the molecule is Cc1noc(Cl)c1CCC(=O)N(C)[C@H]1CCc2ccccc21. The molecule has 22 heavy (non-hydrogen) atoms. The second kappa shape index (κ2) is 6.13. The number of carbonyl (C=O) groups is 1. The molecule has 1 aromatic carbocycles. The lowest BCUT2D eigenvalue weighted by Crippen LogP contribution is -2.30. The van der Waals surface area contributed by atoms with Gasteiger partial charge in [0.05, 0.1) is 11.7 Å². The van der Waals surface area contributed by atoms with Crippen LogP contribution in [0.5, 0.6) is 0 Å². The van der Waals surface area contributed by atoms with E-state index in [2.05, 4.69) is 23.4 Å². The van der Waals surface area contributed by atoms with Crippen molar-refractivity contribution in [2.45, 2.75) is 38.6 Å². The summed E-state index contributed by atoms with van der Waals surface area (Å²) in [6.07, 6.45) is 3.01. The molecule has 0 fully saturated rings. The topological polar surface area (TPSA) is 46.3 Å². The predicted molar refractivity (Wildman–Crippen MR) is 84.8 cm³/mol. The van der Waals surface area contributed by atoms with E-state index in [-0.39, 0.29) is 11.9 Å². The van der Waals surface area contributed by atoms with Crippen LogP contribution in [0.3, 0.4) is 0 Å². The summed E-state index contributed by atoms with van der Waals surface area (Å²) in [6, 6.07) is 8.55. The number of aromatic nitrogens is 1. The number of amides is 1. The molecule has 5 heteroatoms. The molecule has 1 amide bonds. The first-order valence-electron chi connectivity index (χ1n) is 7.52. The predicted octanol–water partition coefficient (Wildman–Crippen LogP) is 3.71. The Morgan fingerprint density at radius 2 is 2.23 bits per heavy atom. The molecular formula is C17H19ClN2O2. The number of fused-ring (bicyclic) bond motifs is 1. The summed E-state index contributed by atoms with van der Waals surface area (Å²) in [5.41, 5.74) is 4.21. The largest absolute Gasteiger partial charge is 0.344 e. The Labute approximate surface area is 135 Å². The van der Waals surface area contributed by atoms with E-state index >= 15 is 0 Å². The Kier molecular flexibility index (Phi) is 4.21. The fourth-order valence-electron chi connectivity index (χ4n) is 3.16. The van der Waals surface area contributed by atoms with Crippen molar-refractivity contribution < 1.29 is 9.32 Å². The van der Waals surface area contributed by atoms with Crippen LogP contribution in [-0.2, 0) is 17.6 Å². The van der Waals surface area contributed by atoms with Crippen LogP contribution in [0.2, 0.25) is 5.22 Å². The molecule has 0 radical (unpaired) electrons. The van der Waals surface area contributed by atoms with Crippen LogP contribution in [0, 0.1) is 6.92 Å². The number of hydrogen-bond donors (Lipinski definition) is 0. The maximum absolute atomic E-state index is 12.5. The van der Waals surface area contributed by atoms with E-state index in [0.29, 0.717) is 18.1 Å². The molecule has 2 aromatic rings. The molecule has 3 rings (SSSR count). The Hall–Kier alpha value is -1.81. The fourth-order valence-corrected chi connectivity index (χ4v) is 3.42. The highest BCUT2D eigenvalue weighted by Gasteiger charge is 2.28. The van der Waals surface area contributed by atoms with E-state index in [1.807, 2.05) is 24.9 Å². The van der Waals surface area contributed by atoms with Crippen molar-refractivity contribution in [2.75, 3.05) is 7.05 Å². The standard InChI is InChI=1S/C17H19ClN2O2/c1-11-13(17(18)22-19-11)8-10-16(21)20(2)15-9-7-12-5-3-4-6-14(12)15/h3-6,15H,7-10H2,1-2H3/t15-/m0/s1. The molecule has 0 saturated heterocycles. The summed E-state index contributed by atoms with van der Waals surface area (Å²) in [5.74, 6) is 0.123. The van der Waals surface area contributed by atoms with Gasteiger partial charge in [0.1, 0.15) is 0 Å². The van der Waals surface area contributed by atoms with E-state index in [0.717, 1.165) is 24.1 Å². The van der Waals surface area contributed by atoms with Gasteiger partial charge >= 0.3 is 0 Å². The third-order valence-corrected chi connectivity index (χ3v) is 4.78. The van der Waals surface area contributed by atoms with Crippen LogP contribution in [0.4, 0.5) is 0 Å². The molecule has 116 valence electrons. The van der Waals surface area contributed by atoms with Crippen molar-refractivity contribution >= 4 is 17.5 Å². The zero-order valence-electron chi connectivity index (χ0n) is 12.8. The van der Waals surface area contributed by atoms with Crippen molar-refractivity contribution in [3.8, 4) is 0 Å². The smallest absolute Gasteiger partial charge is 0.229 e. The quantitative estimate of drug-likeness (QED) is 0.863. The monoisotopic (exact) mass is 318 g/mol. The summed E-state index contributed by atoms with van der Waals surface area (Å²) >= 11 is 5.95. The number of benzene rings is 1. The van der Waals surface area contributed by atoms with Gasteiger partial charge in [-0.05, 0) is 48.9 Å². The maximum Gasteiger partial charge on any atom is 0.229 e. The van der Waals surface area contributed by atoms with Crippen molar-refractivity contribution in [1.82, 2.24) is 10.1 Å². The highest BCUT2D eigenvalue weighted by atomic mass is 35.5. The number of carbonyl (C=O) groups excluding carboxylic acids is 1. The van der Waals surface area contributed by atoms with Gasteiger partial charge in [0.25, 0.3) is 0 Å². The number of rotatable bonds is 4. The van der Waals surface area contributed by atoms with Gasteiger partial charge in [-0.25, -0.2) is 0 Å². The van der Waals surface area contributed by atoms with Crippen LogP contribution in [-0.4, -0.2) is 23.0 Å². The van der Waals surface area contributed by atoms with E-state index in [9.17, 15) is 4.79 Å². The minimum absolute atomic E-state index is 0.123. The molecular weight excluding hydrogens is 300 g/mol. The van der Waals surface area contributed by atoms with Crippen LogP contribution < -0.4 is 0 Å². The van der Waals surface area contributed by atoms with E-state index in [1.165, 1.54) is 11.1 Å². The van der Waals surface area contributed by atoms with Gasteiger partial charge in [-0.1, -0.05) is 29.4 Å². The second-order valence-corrected chi connectivity index (χ2v) is 6.12. The van der Waals surface area contributed by atoms with E-state index in [1.54, 1.807) is 0 Å². The average molecular weight is 319 g/mol. The van der Waals surface area contributed by atoms with Crippen LogP contribution >= 0.6 is 11.6 Å². The molecule has 1 atom stereocenters. The molecule has 1 heterocycles. The van der Waals surface area contributed by atoms with Gasteiger partial charge in [-0.2, -0.15) is 0 Å². The van der Waals surface area contributed by atoms with Gasteiger partial charge in [0, 0.05) is 19.0 Å². The molecule has 4 nitrogen and oxygen atoms in total. The van der Waals surface area contributed by atoms with Gasteiger partial charge in [-0.15, -0.1) is 0 Å². The van der Waals surface area contributed by atoms with Gasteiger partial charge in [-0.3, -0.25) is 4.79 Å². The Morgan fingerprint density at radius 1 is 1.45 bits per heavy atom. The number of nitrogens with zero attached hydrogens (tertiary/aromatic N) is 2. The lowest BCUT2D eigenvalue weighted by Gasteiger charge is -2.25. The van der Waals surface area contributed by atoms with Crippen LogP contribution in [0.1, 0.15) is 41.3 Å². The molecule has 1 aliphatic rings. The molecule has 1 aliphatic carbocycles. The molecule has 0 N–H and O–H groups in total. The van der Waals surface area contributed by atoms with Crippen LogP contribution in [0.15, 0.2) is 28.8 Å². The number of aryl methyl sites for hydroxylation is 2. The summed E-state index contributed by atoms with van der Waals surface area (Å²) in [7, 11) is 1.89. The molecule has 0 bridgehead atoms. The Balaban J connectivity index is 1.66.